The number of aliphatic hydroxyl groups is 1. The van der Waals surface area contributed by atoms with Crippen LogP contribution < -0.4 is 5.32 Å². The van der Waals surface area contributed by atoms with Crippen LogP contribution in [0.1, 0.15) is 22.0 Å². The van der Waals surface area contributed by atoms with Crippen molar-refractivity contribution in [3.05, 3.63) is 77.3 Å². The zero-order valence-electron chi connectivity index (χ0n) is 12.4. The van der Waals surface area contributed by atoms with E-state index in [9.17, 15) is 15.2 Å². The first-order valence-corrected chi connectivity index (χ1v) is 7.06. The maximum absolute atomic E-state index is 12.6. The Morgan fingerprint density at radius 1 is 1.09 bits per heavy atom. The van der Waals surface area contributed by atoms with Gasteiger partial charge in [0.25, 0.3) is 5.91 Å². The van der Waals surface area contributed by atoms with E-state index in [1.165, 1.54) is 11.9 Å². The maximum atomic E-state index is 12.6. The van der Waals surface area contributed by atoms with Crippen LogP contribution >= 0.6 is 0 Å². The number of anilines is 1. The molecule has 1 aliphatic heterocycles. The van der Waals surface area contributed by atoms with Gasteiger partial charge in [0.1, 0.15) is 5.70 Å². The van der Waals surface area contributed by atoms with Crippen molar-refractivity contribution in [2.24, 2.45) is 0 Å². The Kier molecular flexibility index (Phi) is 4.01. The van der Waals surface area contributed by atoms with Gasteiger partial charge in [0.15, 0.2) is 6.10 Å². The van der Waals surface area contributed by atoms with Crippen molar-refractivity contribution in [2.45, 2.75) is 6.10 Å². The molecule has 0 aliphatic carbocycles. The first-order chi connectivity index (χ1) is 11.1. The molecule has 0 bridgehead atoms. The number of likely N-dealkylation sites (N-methyl/N-ethyl adjacent to an activating group) is 1. The number of carbonyl (C=O) groups excluding carboxylic acids is 1. The normalized spacial score (nSPS) is 15.7. The number of amides is 1. The van der Waals surface area contributed by atoms with E-state index in [0.717, 1.165) is 0 Å². The van der Waals surface area contributed by atoms with Gasteiger partial charge in [0, 0.05) is 7.05 Å². The molecule has 0 spiro atoms. The molecule has 2 aromatic carbocycles. The first kappa shape index (κ1) is 15.1. The summed E-state index contributed by atoms with van der Waals surface area (Å²) in [6.45, 7) is 0. The fraction of sp³-hybridized carbons (Fsp3) is 0.118. The number of nitrogens with one attached hydrogen (secondary N) is 1. The lowest BCUT2D eigenvalue weighted by Crippen LogP contribution is -2.30. The molecule has 0 fully saturated rings. The zero-order chi connectivity index (χ0) is 16.4. The molecule has 0 saturated carbocycles. The van der Waals surface area contributed by atoms with E-state index in [0.29, 0.717) is 16.8 Å². The van der Waals surface area contributed by atoms with Crippen LogP contribution in [-0.2, 0) is 4.89 Å². The van der Waals surface area contributed by atoms with Crippen molar-refractivity contribution < 1.29 is 20.0 Å². The number of fused-ring (bicyclic) bond motifs is 1. The zero-order valence-corrected chi connectivity index (χ0v) is 12.4. The largest absolute Gasteiger partial charge is 0.493 e. The second kappa shape index (κ2) is 6.12. The van der Waals surface area contributed by atoms with Gasteiger partial charge in [-0.2, -0.15) is 0 Å². The monoisotopic (exact) mass is 312 g/mol. The van der Waals surface area contributed by atoms with E-state index in [4.69, 9.17) is 0 Å². The van der Waals surface area contributed by atoms with Crippen LogP contribution in [0.5, 0.6) is 0 Å². The van der Waals surface area contributed by atoms with Gasteiger partial charge in [-0.05, 0) is 17.7 Å². The van der Waals surface area contributed by atoms with Crippen molar-refractivity contribution >= 4 is 11.6 Å². The fourth-order valence-electron chi connectivity index (χ4n) is 2.62. The van der Waals surface area contributed by atoms with E-state index >= 15 is 0 Å². The molecule has 1 atom stereocenters. The molecule has 118 valence electrons. The van der Waals surface area contributed by atoms with E-state index < -0.39 is 6.10 Å². The van der Waals surface area contributed by atoms with Crippen LogP contribution in [0.15, 0.2) is 66.2 Å². The SMILES string of the molecule is CN1C(=O)c2ccccc2NC(O)=C1[C@@H](OO)c1ccccc1. The van der Waals surface area contributed by atoms with E-state index in [2.05, 4.69) is 10.2 Å². The standard InChI is InChI=1S/C17H16N2O4/c1-19-14(15(23-22)11-7-3-2-4-8-11)16(20)18-13-10-6-5-9-12(13)17(19)21/h2-10,15,18,20,22H,1H3/t15-/m0/s1. The number of nitrogens with zero attached hydrogens (tertiary/aromatic N) is 1. The first-order valence-electron chi connectivity index (χ1n) is 7.06. The van der Waals surface area contributed by atoms with E-state index in [1.54, 1.807) is 48.5 Å². The second-order valence-electron chi connectivity index (χ2n) is 5.16. The van der Waals surface area contributed by atoms with Crippen LogP contribution in [0.4, 0.5) is 5.69 Å². The minimum Gasteiger partial charge on any atom is -0.493 e. The lowest BCUT2D eigenvalue weighted by Gasteiger charge is -2.25. The van der Waals surface area contributed by atoms with Crippen molar-refractivity contribution in [1.29, 1.82) is 0 Å². The molecule has 0 saturated heterocycles. The highest BCUT2D eigenvalue weighted by Gasteiger charge is 2.32. The highest BCUT2D eigenvalue weighted by molar-refractivity contribution is 6.01. The molecule has 6 nitrogen and oxygen atoms in total. The van der Waals surface area contributed by atoms with Gasteiger partial charge in [0.05, 0.1) is 11.3 Å². The van der Waals surface area contributed by atoms with Crippen molar-refractivity contribution in [2.75, 3.05) is 12.4 Å². The summed E-state index contributed by atoms with van der Waals surface area (Å²) < 4.78 is 0. The highest BCUT2D eigenvalue weighted by Crippen LogP contribution is 2.33. The summed E-state index contributed by atoms with van der Waals surface area (Å²) in [5.41, 5.74) is 1.63. The third-order valence-electron chi connectivity index (χ3n) is 3.78. The fourth-order valence-corrected chi connectivity index (χ4v) is 2.62. The Balaban J connectivity index is 2.10. The predicted molar refractivity (Wildman–Crippen MR) is 84.7 cm³/mol. The Bertz CT molecular complexity index is 758. The summed E-state index contributed by atoms with van der Waals surface area (Å²) in [4.78, 5) is 18.5. The van der Waals surface area contributed by atoms with Gasteiger partial charge in [-0.3, -0.25) is 10.1 Å². The van der Waals surface area contributed by atoms with Crippen molar-refractivity contribution in [3.63, 3.8) is 0 Å². The number of hydrogen-bond acceptors (Lipinski definition) is 5. The third kappa shape index (κ3) is 2.65. The van der Waals surface area contributed by atoms with Gasteiger partial charge in [-0.1, -0.05) is 42.5 Å². The lowest BCUT2D eigenvalue weighted by molar-refractivity contribution is -0.275. The van der Waals surface area contributed by atoms with Crippen LogP contribution in [0.3, 0.4) is 0 Å². The van der Waals surface area contributed by atoms with Crippen LogP contribution in [0.25, 0.3) is 0 Å². The predicted octanol–water partition coefficient (Wildman–Crippen LogP) is 3.14. The molecule has 1 heterocycles. The smallest absolute Gasteiger partial charge is 0.260 e. The van der Waals surface area contributed by atoms with Crippen LogP contribution in [0.2, 0.25) is 0 Å². The van der Waals surface area contributed by atoms with E-state index in [-0.39, 0.29) is 17.5 Å². The van der Waals surface area contributed by atoms with Gasteiger partial charge in [-0.15, -0.1) is 0 Å². The lowest BCUT2D eigenvalue weighted by atomic mass is 10.1. The second-order valence-corrected chi connectivity index (χ2v) is 5.16. The Morgan fingerprint density at radius 2 is 1.74 bits per heavy atom. The maximum Gasteiger partial charge on any atom is 0.260 e. The summed E-state index contributed by atoms with van der Waals surface area (Å²) in [5.74, 6) is -0.571. The number of aliphatic hydroxyl groups excluding tert-OH is 1. The average Bonchev–Trinajstić information content (AvgIpc) is 2.67. The molecule has 3 rings (SSSR count). The molecular weight excluding hydrogens is 296 g/mol. The summed E-state index contributed by atoms with van der Waals surface area (Å²) >= 11 is 0. The molecular formula is C17H16N2O4. The van der Waals surface area contributed by atoms with Gasteiger partial charge in [-0.25, -0.2) is 4.89 Å². The minimum atomic E-state index is -1.01. The average molecular weight is 312 g/mol. The summed E-state index contributed by atoms with van der Waals surface area (Å²) in [6, 6.07) is 15.7. The number of rotatable bonds is 3. The molecule has 23 heavy (non-hydrogen) atoms. The molecule has 3 N–H and O–H groups in total. The summed E-state index contributed by atoms with van der Waals surface area (Å²) in [5, 5.41) is 22.6. The van der Waals surface area contributed by atoms with Crippen molar-refractivity contribution in [1.82, 2.24) is 4.90 Å². The molecule has 0 unspecified atom stereocenters. The van der Waals surface area contributed by atoms with Crippen molar-refractivity contribution in [3.8, 4) is 0 Å². The van der Waals surface area contributed by atoms with E-state index in [1.807, 2.05) is 6.07 Å². The molecule has 1 aliphatic rings. The topological polar surface area (TPSA) is 82.0 Å². The Morgan fingerprint density at radius 3 is 2.43 bits per heavy atom. The summed E-state index contributed by atoms with van der Waals surface area (Å²) in [7, 11) is 1.52. The number of para-hydroxylation sites is 1. The highest BCUT2D eigenvalue weighted by atomic mass is 17.1. The van der Waals surface area contributed by atoms with Gasteiger partial charge >= 0.3 is 0 Å². The molecule has 2 aromatic rings. The van der Waals surface area contributed by atoms with Gasteiger partial charge < -0.3 is 15.3 Å². The Labute approximate surface area is 133 Å². The number of carbonyl (C=O) groups is 1. The quantitative estimate of drug-likeness (QED) is 0.599. The van der Waals surface area contributed by atoms with Crippen LogP contribution in [-0.4, -0.2) is 28.2 Å². The molecule has 0 radical (unpaired) electrons. The minimum absolute atomic E-state index is 0.125. The number of hydrogen-bond donors (Lipinski definition) is 3. The Hall–Kier alpha value is -2.83. The molecule has 1 amide bonds. The summed E-state index contributed by atoms with van der Waals surface area (Å²) in [6.07, 6.45) is -1.01. The van der Waals surface area contributed by atoms with Crippen LogP contribution in [0, 0.1) is 0 Å². The molecule has 0 aromatic heterocycles. The number of benzene rings is 2. The molecule has 6 heteroatoms. The van der Waals surface area contributed by atoms with Gasteiger partial charge in [0.2, 0.25) is 5.88 Å². The third-order valence-corrected chi connectivity index (χ3v) is 3.78.